The number of rotatable bonds is 1. The van der Waals surface area contributed by atoms with E-state index >= 15 is 0 Å². The predicted molar refractivity (Wildman–Crippen MR) is 78.1 cm³/mol. The Balaban J connectivity index is 1.70. The predicted octanol–water partition coefficient (Wildman–Crippen LogP) is 2.36. The number of carbonyl (C=O) groups excluding carboxylic acids is 1. The first-order valence-corrected chi connectivity index (χ1v) is 7.42. The molecule has 2 saturated heterocycles. The normalized spacial score (nSPS) is 28.5. The van der Waals surface area contributed by atoms with E-state index in [9.17, 15) is 4.79 Å². The van der Waals surface area contributed by atoms with Crippen LogP contribution in [0.2, 0.25) is 0 Å². The number of fused-ring (bicyclic) bond motifs is 1. The average molecular weight is 290 g/mol. The number of carbonyl (C=O) groups is 1. The molecular weight excluding hydrogens is 268 g/mol. The van der Waals surface area contributed by atoms with E-state index in [0.29, 0.717) is 19.7 Å². The summed E-state index contributed by atoms with van der Waals surface area (Å²) < 4.78 is 11.2. The lowest BCUT2D eigenvalue weighted by atomic mass is 9.70. The molecule has 2 fully saturated rings. The molecule has 2 atom stereocenters. The average Bonchev–Trinajstić information content (AvgIpc) is 2.39. The molecule has 0 saturated carbocycles. The van der Waals surface area contributed by atoms with Gasteiger partial charge >= 0.3 is 6.09 Å². The fourth-order valence-electron chi connectivity index (χ4n) is 3.01. The van der Waals surface area contributed by atoms with Gasteiger partial charge in [0.25, 0.3) is 0 Å². The molecule has 0 radical (unpaired) electrons. The Morgan fingerprint density at radius 3 is 2.81 bits per heavy atom. The van der Waals surface area contributed by atoms with Crippen molar-refractivity contribution in [1.29, 1.82) is 0 Å². The maximum atomic E-state index is 12.2. The van der Waals surface area contributed by atoms with Crippen molar-refractivity contribution in [2.24, 2.45) is 0 Å². The van der Waals surface area contributed by atoms with Crippen LogP contribution in [-0.4, -0.2) is 47.4 Å². The molecule has 0 unspecified atom stereocenters. The number of pyridine rings is 1. The highest BCUT2D eigenvalue weighted by Crippen LogP contribution is 2.43. The Labute approximate surface area is 125 Å². The van der Waals surface area contributed by atoms with Gasteiger partial charge in [-0.25, -0.2) is 4.79 Å². The first-order valence-electron chi connectivity index (χ1n) is 7.42. The summed E-state index contributed by atoms with van der Waals surface area (Å²) in [7, 11) is 0. The van der Waals surface area contributed by atoms with Crippen molar-refractivity contribution in [3.8, 4) is 0 Å². The first-order chi connectivity index (χ1) is 9.91. The lowest BCUT2D eigenvalue weighted by Crippen LogP contribution is -2.65. The summed E-state index contributed by atoms with van der Waals surface area (Å²) in [6.07, 6.45) is 2.45. The van der Waals surface area contributed by atoms with Gasteiger partial charge in [-0.1, -0.05) is 6.07 Å². The van der Waals surface area contributed by atoms with Gasteiger partial charge in [-0.3, -0.25) is 4.98 Å². The van der Waals surface area contributed by atoms with Crippen molar-refractivity contribution in [2.45, 2.75) is 44.3 Å². The quantitative estimate of drug-likeness (QED) is 0.796. The zero-order valence-electron chi connectivity index (χ0n) is 12.8. The molecule has 0 N–H and O–H groups in total. The second-order valence-corrected chi connectivity index (χ2v) is 6.85. The molecule has 3 heterocycles. The van der Waals surface area contributed by atoms with Crippen LogP contribution in [0.15, 0.2) is 24.4 Å². The summed E-state index contributed by atoms with van der Waals surface area (Å²) in [5, 5.41) is 0. The summed E-state index contributed by atoms with van der Waals surface area (Å²) >= 11 is 0. The van der Waals surface area contributed by atoms with Crippen LogP contribution < -0.4 is 0 Å². The topological polar surface area (TPSA) is 51.7 Å². The number of hydrogen-bond acceptors (Lipinski definition) is 4. The molecule has 0 spiro atoms. The van der Waals surface area contributed by atoms with E-state index in [1.54, 1.807) is 4.90 Å². The number of aromatic nitrogens is 1. The van der Waals surface area contributed by atoms with Gasteiger partial charge in [0.1, 0.15) is 5.60 Å². The van der Waals surface area contributed by atoms with Crippen LogP contribution in [0.5, 0.6) is 0 Å². The molecule has 0 aliphatic carbocycles. The van der Waals surface area contributed by atoms with Crippen LogP contribution in [0.1, 0.15) is 32.9 Å². The van der Waals surface area contributed by atoms with E-state index in [1.165, 1.54) is 0 Å². The second kappa shape index (κ2) is 4.98. The van der Waals surface area contributed by atoms with Crippen LogP contribution in [-0.2, 0) is 14.9 Å². The van der Waals surface area contributed by atoms with Crippen LogP contribution in [0.3, 0.4) is 0 Å². The SMILES string of the molecule is CC(C)(C)OC(=O)N1CC[C@]2(c3ccccn3)CO[C@@H]2C1. The summed E-state index contributed by atoms with van der Waals surface area (Å²) in [6, 6.07) is 5.98. The van der Waals surface area contributed by atoms with Crippen molar-refractivity contribution in [2.75, 3.05) is 19.7 Å². The molecule has 0 bridgehead atoms. The third kappa shape index (κ3) is 2.62. The highest BCUT2D eigenvalue weighted by Gasteiger charge is 2.54. The van der Waals surface area contributed by atoms with E-state index < -0.39 is 5.60 Å². The molecule has 5 nitrogen and oxygen atoms in total. The smallest absolute Gasteiger partial charge is 0.410 e. The summed E-state index contributed by atoms with van der Waals surface area (Å²) in [6.45, 7) is 7.60. The third-order valence-electron chi connectivity index (χ3n) is 4.20. The van der Waals surface area contributed by atoms with Gasteiger partial charge in [-0.2, -0.15) is 0 Å². The van der Waals surface area contributed by atoms with Gasteiger partial charge in [-0.15, -0.1) is 0 Å². The lowest BCUT2D eigenvalue weighted by Gasteiger charge is -2.54. The monoisotopic (exact) mass is 290 g/mol. The van der Waals surface area contributed by atoms with Crippen LogP contribution >= 0.6 is 0 Å². The summed E-state index contributed by atoms with van der Waals surface area (Å²) in [4.78, 5) is 18.4. The maximum absolute atomic E-state index is 12.2. The number of ether oxygens (including phenoxy) is 2. The molecule has 1 aromatic rings. The Kier molecular flexibility index (Phi) is 3.40. The molecule has 0 aromatic carbocycles. The molecule has 1 amide bonds. The Morgan fingerprint density at radius 2 is 2.29 bits per heavy atom. The van der Waals surface area contributed by atoms with E-state index in [2.05, 4.69) is 11.1 Å². The number of amides is 1. The van der Waals surface area contributed by atoms with E-state index in [4.69, 9.17) is 9.47 Å². The van der Waals surface area contributed by atoms with Crippen molar-refractivity contribution in [1.82, 2.24) is 9.88 Å². The minimum absolute atomic E-state index is 0.0219. The van der Waals surface area contributed by atoms with Gasteiger partial charge in [0, 0.05) is 12.7 Å². The van der Waals surface area contributed by atoms with Crippen molar-refractivity contribution in [3.63, 3.8) is 0 Å². The van der Waals surface area contributed by atoms with Gasteiger partial charge in [-0.05, 0) is 39.3 Å². The van der Waals surface area contributed by atoms with E-state index in [1.807, 2.05) is 39.1 Å². The number of likely N-dealkylation sites (tertiary alicyclic amines) is 1. The first kappa shape index (κ1) is 14.3. The van der Waals surface area contributed by atoms with Gasteiger partial charge in [0.15, 0.2) is 0 Å². The van der Waals surface area contributed by atoms with Crippen molar-refractivity contribution < 1.29 is 14.3 Å². The highest BCUT2D eigenvalue weighted by molar-refractivity contribution is 5.68. The van der Waals surface area contributed by atoms with Gasteiger partial charge in [0.05, 0.1) is 30.4 Å². The fourth-order valence-corrected chi connectivity index (χ4v) is 3.01. The molecule has 2 aliphatic rings. The molecule has 3 rings (SSSR count). The van der Waals surface area contributed by atoms with Crippen molar-refractivity contribution >= 4 is 6.09 Å². The van der Waals surface area contributed by atoms with Crippen LogP contribution in [0.4, 0.5) is 4.79 Å². The standard InChI is InChI=1S/C16H22N2O3/c1-15(2,3)21-14(19)18-9-7-16(11-20-13(16)10-18)12-6-4-5-8-17-12/h4-6,8,13H,7,9-11H2,1-3H3/t13-,16-/m1/s1. The minimum Gasteiger partial charge on any atom is -0.444 e. The zero-order chi connectivity index (χ0) is 15.1. The minimum atomic E-state index is -0.465. The van der Waals surface area contributed by atoms with Gasteiger partial charge in [0.2, 0.25) is 0 Å². The zero-order valence-corrected chi connectivity index (χ0v) is 12.8. The van der Waals surface area contributed by atoms with E-state index in [-0.39, 0.29) is 17.6 Å². The summed E-state index contributed by atoms with van der Waals surface area (Å²) in [5.41, 5.74) is 0.581. The molecular formula is C16H22N2O3. The Bertz CT molecular complexity index is 526. The molecule has 5 heteroatoms. The van der Waals surface area contributed by atoms with Gasteiger partial charge < -0.3 is 14.4 Å². The maximum Gasteiger partial charge on any atom is 0.410 e. The Morgan fingerprint density at radius 1 is 1.48 bits per heavy atom. The number of piperidine rings is 1. The van der Waals surface area contributed by atoms with Crippen LogP contribution in [0, 0.1) is 0 Å². The number of nitrogens with zero attached hydrogens (tertiary/aromatic N) is 2. The summed E-state index contributed by atoms with van der Waals surface area (Å²) in [5.74, 6) is 0. The molecule has 114 valence electrons. The number of hydrogen-bond donors (Lipinski definition) is 0. The lowest BCUT2D eigenvalue weighted by molar-refractivity contribution is -0.172. The fraction of sp³-hybridized carbons (Fsp3) is 0.625. The second-order valence-electron chi connectivity index (χ2n) is 6.85. The van der Waals surface area contributed by atoms with Crippen molar-refractivity contribution in [3.05, 3.63) is 30.1 Å². The largest absolute Gasteiger partial charge is 0.444 e. The molecule has 2 aliphatic heterocycles. The highest BCUT2D eigenvalue weighted by atomic mass is 16.6. The third-order valence-corrected chi connectivity index (χ3v) is 4.20. The van der Waals surface area contributed by atoms with E-state index in [0.717, 1.165) is 12.1 Å². The molecule has 21 heavy (non-hydrogen) atoms. The molecule has 1 aromatic heterocycles. The Hall–Kier alpha value is -1.62. The van der Waals surface area contributed by atoms with Crippen LogP contribution in [0.25, 0.3) is 0 Å².